The van der Waals surface area contributed by atoms with Crippen LogP contribution in [0.3, 0.4) is 0 Å². The average molecular weight is 245 g/mol. The van der Waals surface area contributed by atoms with Crippen LogP contribution in [-0.4, -0.2) is 11.9 Å². The molecule has 1 nitrogen and oxygen atoms in total. The third kappa shape index (κ3) is 2.90. The minimum atomic E-state index is -0.547. The van der Waals surface area contributed by atoms with Crippen LogP contribution < -0.4 is 5.46 Å². The fourth-order valence-corrected chi connectivity index (χ4v) is 2.62. The highest BCUT2D eigenvalue weighted by Crippen LogP contribution is 2.34. The zero-order valence-corrected chi connectivity index (χ0v) is 10.9. The maximum Gasteiger partial charge on any atom is 0.320 e. The predicted molar refractivity (Wildman–Crippen MR) is 68.6 cm³/mol. The van der Waals surface area contributed by atoms with Crippen molar-refractivity contribution in [2.45, 2.75) is 33.0 Å². The Labute approximate surface area is 102 Å². The van der Waals surface area contributed by atoms with Crippen molar-refractivity contribution in [1.29, 1.82) is 0 Å². The van der Waals surface area contributed by atoms with Gasteiger partial charge in [-0.15, -0.1) is 0 Å². The van der Waals surface area contributed by atoms with Crippen molar-refractivity contribution in [2.24, 2.45) is 0 Å². The molecule has 0 aromatic heterocycles. The molecule has 0 fully saturated rings. The van der Waals surface area contributed by atoms with Gasteiger partial charge < -0.3 is 5.02 Å². The lowest BCUT2D eigenvalue weighted by Crippen LogP contribution is -2.27. The van der Waals surface area contributed by atoms with Crippen LogP contribution in [0.1, 0.15) is 26.3 Å². The van der Waals surface area contributed by atoms with Crippen molar-refractivity contribution < 1.29 is 5.02 Å². The van der Waals surface area contributed by atoms with Crippen molar-refractivity contribution >= 4 is 35.6 Å². The molecule has 1 N–H and O–H groups in total. The summed E-state index contributed by atoms with van der Waals surface area (Å²) in [7, 11) is 0. The van der Waals surface area contributed by atoms with E-state index < -0.39 is 6.92 Å². The molecule has 0 heterocycles. The molecule has 0 spiro atoms. The van der Waals surface area contributed by atoms with Crippen LogP contribution >= 0.6 is 23.2 Å². The van der Waals surface area contributed by atoms with E-state index in [0.29, 0.717) is 10.0 Å². The lowest BCUT2D eigenvalue weighted by Gasteiger charge is -2.23. The van der Waals surface area contributed by atoms with Crippen LogP contribution in [0.2, 0.25) is 16.9 Å². The summed E-state index contributed by atoms with van der Waals surface area (Å²) in [5.74, 6) is 0. The van der Waals surface area contributed by atoms with Gasteiger partial charge in [-0.1, -0.05) is 50.8 Å². The summed E-state index contributed by atoms with van der Waals surface area (Å²) in [6, 6.07) is 3.55. The predicted octanol–water partition coefficient (Wildman–Crippen LogP) is 3.11. The first-order chi connectivity index (χ1) is 6.73. The van der Waals surface area contributed by atoms with Gasteiger partial charge in [0.05, 0.1) is 0 Å². The van der Waals surface area contributed by atoms with E-state index in [9.17, 15) is 5.02 Å². The molecule has 0 amide bonds. The molecule has 0 atom stereocenters. The van der Waals surface area contributed by atoms with Crippen LogP contribution in [0.5, 0.6) is 0 Å². The molecule has 0 unspecified atom stereocenters. The summed E-state index contributed by atoms with van der Waals surface area (Å²) in [6.07, 6.45) is 0. The second-order valence-electron chi connectivity index (χ2n) is 4.79. The van der Waals surface area contributed by atoms with Gasteiger partial charge in [0, 0.05) is 10.0 Å². The molecule has 1 aromatic carbocycles. The maximum absolute atomic E-state index is 9.45. The van der Waals surface area contributed by atoms with Gasteiger partial charge in [-0.2, -0.15) is 0 Å². The van der Waals surface area contributed by atoms with Crippen LogP contribution in [0.25, 0.3) is 0 Å². The van der Waals surface area contributed by atoms with Crippen molar-refractivity contribution in [2.75, 3.05) is 0 Å². The summed E-state index contributed by atoms with van der Waals surface area (Å²) in [5.41, 5.74) is 1.58. The average Bonchev–Trinajstić information content (AvgIpc) is 1.99. The van der Waals surface area contributed by atoms with Crippen LogP contribution in [0.4, 0.5) is 0 Å². The molecule has 1 rings (SSSR count). The Kier molecular flexibility index (Phi) is 3.75. The minimum absolute atomic E-state index is 0.0919. The fraction of sp³-hybridized carbons (Fsp3) is 0.455. The standard InChI is InChI=1S/C11H15BCl2O/c1-11(2,3)10-8(13)5-7(12(4)15)6-9(10)14/h5-6,15H,1-4H3. The number of benzene rings is 1. The molecular formula is C11H15BCl2O. The highest BCUT2D eigenvalue weighted by Gasteiger charge is 2.22. The smallest absolute Gasteiger partial charge is 0.320 e. The quantitative estimate of drug-likeness (QED) is 0.753. The molecule has 15 heavy (non-hydrogen) atoms. The number of hydrogen-bond donors (Lipinski definition) is 1. The largest absolute Gasteiger partial charge is 0.446 e. The Balaban J connectivity index is 3.34. The van der Waals surface area contributed by atoms with Gasteiger partial charge in [-0.3, -0.25) is 0 Å². The third-order valence-corrected chi connectivity index (χ3v) is 2.89. The van der Waals surface area contributed by atoms with E-state index in [0.717, 1.165) is 11.0 Å². The fourth-order valence-electron chi connectivity index (χ4n) is 1.55. The van der Waals surface area contributed by atoms with Gasteiger partial charge in [0.15, 0.2) is 0 Å². The molecule has 0 bridgehead atoms. The zero-order valence-electron chi connectivity index (χ0n) is 9.44. The van der Waals surface area contributed by atoms with E-state index in [1.54, 1.807) is 19.0 Å². The monoisotopic (exact) mass is 244 g/mol. The molecule has 0 radical (unpaired) electrons. The highest BCUT2D eigenvalue weighted by atomic mass is 35.5. The van der Waals surface area contributed by atoms with Crippen LogP contribution in [0.15, 0.2) is 12.1 Å². The number of hydrogen-bond acceptors (Lipinski definition) is 1. The van der Waals surface area contributed by atoms with E-state index in [1.165, 1.54) is 0 Å². The van der Waals surface area contributed by atoms with E-state index in [-0.39, 0.29) is 5.41 Å². The van der Waals surface area contributed by atoms with E-state index in [1.807, 2.05) is 0 Å². The Bertz CT molecular complexity index is 346. The molecule has 4 heteroatoms. The molecule has 0 aliphatic rings. The molecule has 0 aliphatic carbocycles. The van der Waals surface area contributed by atoms with E-state index in [2.05, 4.69) is 20.8 Å². The Morgan fingerprint density at radius 3 is 1.80 bits per heavy atom. The summed E-state index contributed by atoms with van der Waals surface area (Å²) in [6.45, 7) is 7.32. The van der Waals surface area contributed by atoms with Crippen molar-refractivity contribution in [3.63, 3.8) is 0 Å². The SMILES string of the molecule is CB(O)c1cc(Cl)c(C(C)(C)C)c(Cl)c1. The van der Waals surface area contributed by atoms with Gasteiger partial charge in [0.2, 0.25) is 0 Å². The molecule has 82 valence electrons. The van der Waals surface area contributed by atoms with Gasteiger partial charge in [0.25, 0.3) is 0 Å². The van der Waals surface area contributed by atoms with Gasteiger partial charge >= 0.3 is 6.92 Å². The Morgan fingerprint density at radius 2 is 1.53 bits per heavy atom. The molecule has 0 saturated carbocycles. The Hall–Kier alpha value is -0.175. The second kappa shape index (κ2) is 4.36. The summed E-state index contributed by atoms with van der Waals surface area (Å²) in [5, 5.41) is 10.7. The first kappa shape index (κ1) is 12.9. The van der Waals surface area contributed by atoms with Gasteiger partial charge in [-0.25, -0.2) is 0 Å². The Morgan fingerprint density at radius 1 is 1.13 bits per heavy atom. The van der Waals surface area contributed by atoms with Crippen molar-refractivity contribution in [3.05, 3.63) is 27.7 Å². The molecule has 0 saturated heterocycles. The first-order valence-corrected chi connectivity index (χ1v) is 5.66. The van der Waals surface area contributed by atoms with Gasteiger partial charge in [0.1, 0.15) is 0 Å². The van der Waals surface area contributed by atoms with Gasteiger partial charge in [-0.05, 0) is 28.6 Å². The van der Waals surface area contributed by atoms with Crippen LogP contribution in [-0.2, 0) is 5.41 Å². The first-order valence-electron chi connectivity index (χ1n) is 4.91. The molecule has 1 aromatic rings. The molecular weight excluding hydrogens is 230 g/mol. The third-order valence-electron chi connectivity index (χ3n) is 2.30. The van der Waals surface area contributed by atoms with E-state index >= 15 is 0 Å². The summed E-state index contributed by atoms with van der Waals surface area (Å²) < 4.78 is 0. The summed E-state index contributed by atoms with van der Waals surface area (Å²) >= 11 is 12.3. The number of rotatable bonds is 1. The topological polar surface area (TPSA) is 20.2 Å². The van der Waals surface area contributed by atoms with Crippen molar-refractivity contribution in [3.8, 4) is 0 Å². The highest BCUT2D eigenvalue weighted by molar-refractivity contribution is 6.65. The normalized spacial score (nSPS) is 11.7. The molecule has 0 aliphatic heterocycles. The number of halogens is 2. The maximum atomic E-state index is 9.45. The second-order valence-corrected chi connectivity index (χ2v) is 5.60. The lowest BCUT2D eigenvalue weighted by molar-refractivity contribution is 0.588. The summed E-state index contributed by atoms with van der Waals surface area (Å²) in [4.78, 5) is 0. The van der Waals surface area contributed by atoms with Crippen molar-refractivity contribution in [1.82, 2.24) is 0 Å². The zero-order chi connectivity index (χ0) is 11.8. The van der Waals surface area contributed by atoms with Crippen LogP contribution in [0, 0.1) is 0 Å². The lowest BCUT2D eigenvalue weighted by atomic mass is 9.64. The minimum Gasteiger partial charge on any atom is -0.446 e. The van der Waals surface area contributed by atoms with E-state index in [4.69, 9.17) is 23.2 Å².